The van der Waals surface area contributed by atoms with Crippen LogP contribution >= 0.6 is 0 Å². The maximum atomic E-state index is 12.4. The summed E-state index contributed by atoms with van der Waals surface area (Å²) >= 11 is 0. The quantitative estimate of drug-likeness (QED) is 0.775. The first-order valence-corrected chi connectivity index (χ1v) is 7.16. The van der Waals surface area contributed by atoms with E-state index in [0.29, 0.717) is 11.3 Å². The van der Waals surface area contributed by atoms with E-state index in [2.05, 4.69) is 15.6 Å². The van der Waals surface area contributed by atoms with Crippen LogP contribution in [0.15, 0.2) is 54.9 Å². The fourth-order valence-electron chi connectivity index (χ4n) is 2.21. The van der Waals surface area contributed by atoms with Crippen molar-refractivity contribution >= 4 is 11.6 Å². The summed E-state index contributed by atoms with van der Waals surface area (Å²) in [7, 11) is 0. The number of anilines is 1. The zero-order chi connectivity index (χ0) is 16.2. The molecule has 1 aromatic heterocycles. The van der Waals surface area contributed by atoms with Gasteiger partial charge in [0.25, 0.3) is 5.91 Å². The number of nitrogens with zero attached hydrogens (tertiary/aromatic N) is 3. The molecular formula is C17H16N4O2. The lowest BCUT2D eigenvalue weighted by molar-refractivity contribution is 0.102. The number of aliphatic hydroxyl groups is 1. The minimum atomic E-state index is -0.201. The van der Waals surface area contributed by atoms with E-state index in [1.54, 1.807) is 47.4 Å². The molecule has 0 saturated carbocycles. The third-order valence-corrected chi connectivity index (χ3v) is 3.55. The Morgan fingerprint density at radius 2 is 2.00 bits per heavy atom. The van der Waals surface area contributed by atoms with Crippen LogP contribution in [0, 0.1) is 6.92 Å². The molecule has 116 valence electrons. The van der Waals surface area contributed by atoms with Gasteiger partial charge >= 0.3 is 0 Å². The molecule has 2 N–H and O–H groups in total. The lowest BCUT2D eigenvalue weighted by Crippen LogP contribution is -2.13. The Labute approximate surface area is 133 Å². The fraction of sp³-hybridized carbons (Fsp3) is 0.118. The van der Waals surface area contributed by atoms with Gasteiger partial charge in [-0.05, 0) is 48.4 Å². The average molecular weight is 308 g/mol. The summed E-state index contributed by atoms with van der Waals surface area (Å²) in [5.74, 6) is -0.201. The van der Waals surface area contributed by atoms with Crippen molar-refractivity contribution in [2.75, 3.05) is 5.32 Å². The van der Waals surface area contributed by atoms with Gasteiger partial charge in [-0.15, -0.1) is 5.10 Å². The maximum Gasteiger partial charge on any atom is 0.255 e. The summed E-state index contributed by atoms with van der Waals surface area (Å²) in [6, 6.07) is 12.6. The monoisotopic (exact) mass is 308 g/mol. The fourth-order valence-corrected chi connectivity index (χ4v) is 2.21. The molecule has 1 heterocycles. The summed E-state index contributed by atoms with van der Waals surface area (Å²) in [6.07, 6.45) is 3.33. The Morgan fingerprint density at radius 3 is 2.65 bits per heavy atom. The van der Waals surface area contributed by atoms with Crippen molar-refractivity contribution in [1.82, 2.24) is 15.0 Å². The molecule has 0 aliphatic rings. The Balaban J connectivity index is 1.78. The van der Waals surface area contributed by atoms with Gasteiger partial charge in [0.1, 0.15) is 0 Å². The third kappa shape index (κ3) is 3.27. The lowest BCUT2D eigenvalue weighted by atomic mass is 10.1. The molecule has 2 aromatic carbocycles. The van der Waals surface area contributed by atoms with E-state index in [1.165, 1.54) is 0 Å². The largest absolute Gasteiger partial charge is 0.392 e. The van der Waals surface area contributed by atoms with E-state index < -0.39 is 0 Å². The summed E-state index contributed by atoms with van der Waals surface area (Å²) in [6.45, 7) is 1.85. The number of aromatic nitrogens is 3. The predicted octanol–water partition coefficient (Wildman–Crippen LogP) is 2.32. The van der Waals surface area contributed by atoms with Gasteiger partial charge in [-0.3, -0.25) is 4.79 Å². The molecule has 3 rings (SSSR count). The number of carbonyl (C=O) groups excluding carboxylic acids is 1. The lowest BCUT2D eigenvalue weighted by Gasteiger charge is -2.10. The van der Waals surface area contributed by atoms with Crippen LogP contribution in [-0.4, -0.2) is 26.0 Å². The van der Waals surface area contributed by atoms with Crippen LogP contribution in [0.2, 0.25) is 0 Å². The third-order valence-electron chi connectivity index (χ3n) is 3.55. The molecule has 0 radical (unpaired) electrons. The minimum Gasteiger partial charge on any atom is -0.392 e. The highest BCUT2D eigenvalue weighted by molar-refractivity contribution is 6.04. The second-order valence-corrected chi connectivity index (χ2v) is 5.16. The van der Waals surface area contributed by atoms with Crippen molar-refractivity contribution in [1.29, 1.82) is 0 Å². The van der Waals surface area contributed by atoms with Crippen molar-refractivity contribution < 1.29 is 9.90 Å². The molecule has 23 heavy (non-hydrogen) atoms. The Kier molecular flexibility index (Phi) is 4.16. The van der Waals surface area contributed by atoms with Crippen molar-refractivity contribution in [3.63, 3.8) is 0 Å². The first-order valence-electron chi connectivity index (χ1n) is 7.16. The molecule has 6 nitrogen and oxygen atoms in total. The number of carbonyl (C=O) groups is 1. The Hall–Kier alpha value is -2.99. The molecular weight excluding hydrogens is 292 g/mol. The summed E-state index contributed by atoms with van der Waals surface area (Å²) < 4.78 is 1.62. The van der Waals surface area contributed by atoms with Crippen LogP contribution in [0.3, 0.4) is 0 Å². The van der Waals surface area contributed by atoms with Gasteiger partial charge in [-0.25, -0.2) is 4.68 Å². The molecule has 0 atom stereocenters. The highest BCUT2D eigenvalue weighted by Crippen LogP contribution is 2.18. The smallest absolute Gasteiger partial charge is 0.255 e. The SMILES string of the molecule is Cc1ccc(CO)cc1NC(=O)c1ccc(-n2ccnn2)cc1. The summed E-state index contributed by atoms with van der Waals surface area (Å²) in [5.41, 5.74) is 3.77. The van der Waals surface area contributed by atoms with Gasteiger partial charge in [0.15, 0.2) is 0 Å². The van der Waals surface area contributed by atoms with Crippen LogP contribution in [-0.2, 0) is 6.61 Å². The Morgan fingerprint density at radius 1 is 1.22 bits per heavy atom. The van der Waals surface area contributed by atoms with Crippen molar-refractivity contribution in [2.45, 2.75) is 13.5 Å². The van der Waals surface area contributed by atoms with Crippen molar-refractivity contribution in [2.24, 2.45) is 0 Å². The van der Waals surface area contributed by atoms with Gasteiger partial charge in [-0.1, -0.05) is 17.3 Å². The average Bonchev–Trinajstić information content (AvgIpc) is 3.11. The zero-order valence-corrected chi connectivity index (χ0v) is 12.6. The van der Waals surface area contributed by atoms with Crippen LogP contribution in [0.25, 0.3) is 5.69 Å². The first kappa shape index (κ1) is 14.9. The van der Waals surface area contributed by atoms with Crippen molar-refractivity contribution in [3.05, 3.63) is 71.5 Å². The van der Waals surface area contributed by atoms with E-state index in [4.69, 9.17) is 0 Å². The van der Waals surface area contributed by atoms with Gasteiger partial charge in [0.05, 0.1) is 24.7 Å². The molecule has 0 unspecified atom stereocenters. The number of rotatable bonds is 4. The van der Waals surface area contributed by atoms with Crippen LogP contribution < -0.4 is 5.32 Å². The van der Waals surface area contributed by atoms with Crippen LogP contribution in [0.1, 0.15) is 21.5 Å². The second kappa shape index (κ2) is 6.41. The van der Waals surface area contributed by atoms with Gasteiger partial charge in [0, 0.05) is 11.3 Å². The number of amides is 1. The number of benzene rings is 2. The summed E-state index contributed by atoms with van der Waals surface area (Å²) in [5, 5.41) is 19.7. The van der Waals surface area contributed by atoms with Gasteiger partial charge in [-0.2, -0.15) is 0 Å². The molecule has 0 fully saturated rings. The van der Waals surface area contributed by atoms with E-state index in [0.717, 1.165) is 16.8 Å². The second-order valence-electron chi connectivity index (χ2n) is 5.16. The highest BCUT2D eigenvalue weighted by atomic mass is 16.3. The van der Waals surface area contributed by atoms with Crippen molar-refractivity contribution in [3.8, 4) is 5.69 Å². The van der Waals surface area contributed by atoms with E-state index in [1.807, 2.05) is 19.1 Å². The van der Waals surface area contributed by atoms with Gasteiger partial charge in [0.2, 0.25) is 0 Å². The van der Waals surface area contributed by atoms with E-state index in [-0.39, 0.29) is 12.5 Å². The standard InChI is InChI=1S/C17H16N4O2/c1-12-2-3-13(11-22)10-16(12)19-17(23)14-4-6-15(7-5-14)21-9-8-18-20-21/h2-10,22H,11H2,1H3,(H,19,23). The maximum absolute atomic E-state index is 12.4. The number of aliphatic hydroxyl groups excluding tert-OH is 1. The Bertz CT molecular complexity index is 811. The number of hydrogen-bond acceptors (Lipinski definition) is 4. The molecule has 3 aromatic rings. The highest BCUT2D eigenvalue weighted by Gasteiger charge is 2.09. The zero-order valence-electron chi connectivity index (χ0n) is 12.6. The van der Waals surface area contributed by atoms with E-state index in [9.17, 15) is 9.90 Å². The van der Waals surface area contributed by atoms with E-state index >= 15 is 0 Å². The molecule has 0 spiro atoms. The predicted molar refractivity (Wildman–Crippen MR) is 86.4 cm³/mol. The first-order chi connectivity index (χ1) is 11.2. The van der Waals surface area contributed by atoms with Crippen LogP contribution in [0.4, 0.5) is 5.69 Å². The number of aryl methyl sites for hydroxylation is 1. The summed E-state index contributed by atoms with van der Waals surface area (Å²) in [4.78, 5) is 12.4. The molecule has 1 amide bonds. The molecule has 0 saturated heterocycles. The number of hydrogen-bond donors (Lipinski definition) is 2. The van der Waals surface area contributed by atoms with Gasteiger partial charge < -0.3 is 10.4 Å². The van der Waals surface area contributed by atoms with Crippen LogP contribution in [0.5, 0.6) is 0 Å². The molecule has 0 aliphatic carbocycles. The molecule has 0 bridgehead atoms. The molecule has 6 heteroatoms. The normalized spacial score (nSPS) is 10.5. The number of nitrogens with one attached hydrogen (secondary N) is 1. The molecule has 0 aliphatic heterocycles. The minimum absolute atomic E-state index is 0.0598. The topological polar surface area (TPSA) is 80.0 Å².